The maximum absolute atomic E-state index is 13.7. The quantitative estimate of drug-likeness (QED) is 0.841. The van der Waals surface area contributed by atoms with Crippen LogP contribution in [0.5, 0.6) is 0 Å². The van der Waals surface area contributed by atoms with E-state index in [1.165, 1.54) is 0 Å². The number of nitrogens with one attached hydrogen (secondary N) is 2. The van der Waals surface area contributed by atoms with Crippen LogP contribution in [0.15, 0.2) is 30.3 Å². The van der Waals surface area contributed by atoms with Gasteiger partial charge in [-0.05, 0) is 18.9 Å². The van der Waals surface area contributed by atoms with Crippen LogP contribution in [-0.2, 0) is 6.54 Å². The van der Waals surface area contributed by atoms with Gasteiger partial charge in [0.1, 0.15) is 0 Å². The molecule has 5 heteroatoms. The summed E-state index contributed by atoms with van der Waals surface area (Å²) in [6.45, 7) is 4.98. The van der Waals surface area contributed by atoms with Gasteiger partial charge in [0, 0.05) is 19.2 Å². The van der Waals surface area contributed by atoms with Crippen LogP contribution in [0.4, 0.5) is 20.4 Å². The largest absolute Gasteiger partial charge is 0.368 e. The van der Waals surface area contributed by atoms with Crippen molar-refractivity contribution in [3.05, 3.63) is 53.1 Å². The Labute approximate surface area is 123 Å². The van der Waals surface area contributed by atoms with E-state index >= 15 is 0 Å². The van der Waals surface area contributed by atoms with Crippen LogP contribution in [0.25, 0.3) is 0 Å². The summed E-state index contributed by atoms with van der Waals surface area (Å²) < 4.78 is 27.3. The van der Waals surface area contributed by atoms with Crippen LogP contribution in [0, 0.1) is 18.6 Å². The van der Waals surface area contributed by atoms with Gasteiger partial charge < -0.3 is 10.6 Å². The number of pyridine rings is 1. The van der Waals surface area contributed by atoms with E-state index < -0.39 is 11.6 Å². The second-order valence-corrected chi connectivity index (χ2v) is 4.92. The standard InChI is InChI=1S/C16H19F2N3/c1-3-7-19-15-13(17)9-14(18)16(21-15)20-10-12-6-4-5-11(2)8-12/h4-6,8-9H,3,7,10H2,1-2H3,(H2,19,20,21). The number of aromatic nitrogens is 1. The summed E-state index contributed by atoms with van der Waals surface area (Å²) in [6, 6.07) is 8.73. The first kappa shape index (κ1) is 15.2. The first-order chi connectivity index (χ1) is 10.1. The molecular weight excluding hydrogens is 272 g/mol. The van der Waals surface area contributed by atoms with Crippen LogP contribution in [-0.4, -0.2) is 11.5 Å². The molecule has 0 aliphatic rings. The highest BCUT2D eigenvalue weighted by atomic mass is 19.1. The summed E-state index contributed by atoms with van der Waals surface area (Å²) in [5.41, 5.74) is 2.15. The molecular formula is C16H19F2N3. The summed E-state index contributed by atoms with van der Waals surface area (Å²) in [4.78, 5) is 3.97. The molecule has 0 aliphatic carbocycles. The SMILES string of the molecule is CCCNc1nc(NCc2cccc(C)c2)c(F)cc1F. The Morgan fingerprint density at radius 3 is 2.43 bits per heavy atom. The molecule has 2 N–H and O–H groups in total. The molecule has 0 atom stereocenters. The summed E-state index contributed by atoms with van der Waals surface area (Å²) in [7, 11) is 0. The zero-order chi connectivity index (χ0) is 15.2. The van der Waals surface area contributed by atoms with Crippen molar-refractivity contribution in [2.45, 2.75) is 26.8 Å². The highest BCUT2D eigenvalue weighted by Gasteiger charge is 2.11. The Balaban J connectivity index is 2.11. The maximum Gasteiger partial charge on any atom is 0.168 e. The predicted octanol–water partition coefficient (Wildman–Crippen LogP) is 4.10. The van der Waals surface area contributed by atoms with E-state index in [0.29, 0.717) is 13.1 Å². The molecule has 0 unspecified atom stereocenters. The lowest BCUT2D eigenvalue weighted by atomic mass is 10.1. The third kappa shape index (κ3) is 4.15. The summed E-state index contributed by atoms with van der Waals surface area (Å²) >= 11 is 0. The molecule has 0 amide bonds. The topological polar surface area (TPSA) is 37.0 Å². The number of nitrogens with zero attached hydrogens (tertiary/aromatic N) is 1. The summed E-state index contributed by atoms with van der Waals surface area (Å²) in [5, 5.41) is 5.75. The molecule has 1 aromatic carbocycles. The number of benzene rings is 1. The number of halogens is 2. The van der Waals surface area contributed by atoms with Crippen LogP contribution in [0.3, 0.4) is 0 Å². The van der Waals surface area contributed by atoms with Crippen molar-refractivity contribution in [2.24, 2.45) is 0 Å². The molecule has 21 heavy (non-hydrogen) atoms. The zero-order valence-electron chi connectivity index (χ0n) is 12.2. The Kier molecular flexibility index (Phi) is 5.09. The van der Waals surface area contributed by atoms with Gasteiger partial charge in [0.15, 0.2) is 23.3 Å². The number of hydrogen-bond donors (Lipinski definition) is 2. The molecule has 3 nitrogen and oxygen atoms in total. The van der Waals surface area contributed by atoms with Crippen molar-refractivity contribution in [3.63, 3.8) is 0 Å². The number of anilines is 2. The number of aryl methyl sites for hydroxylation is 1. The molecule has 0 fully saturated rings. The molecule has 2 aromatic rings. The first-order valence-corrected chi connectivity index (χ1v) is 6.99. The number of hydrogen-bond acceptors (Lipinski definition) is 3. The molecule has 1 aromatic heterocycles. The highest BCUT2D eigenvalue weighted by Crippen LogP contribution is 2.19. The lowest BCUT2D eigenvalue weighted by molar-refractivity contribution is 0.577. The van der Waals surface area contributed by atoms with Crippen LogP contribution >= 0.6 is 0 Å². The molecule has 0 aliphatic heterocycles. The lowest BCUT2D eigenvalue weighted by Crippen LogP contribution is -2.09. The molecule has 0 saturated carbocycles. The van der Waals surface area contributed by atoms with Crippen LogP contribution in [0.1, 0.15) is 24.5 Å². The molecule has 2 rings (SSSR count). The predicted molar refractivity (Wildman–Crippen MR) is 81.4 cm³/mol. The molecule has 0 saturated heterocycles. The van der Waals surface area contributed by atoms with Crippen molar-refractivity contribution in [3.8, 4) is 0 Å². The average Bonchev–Trinajstić information content (AvgIpc) is 2.45. The maximum atomic E-state index is 13.7. The third-order valence-corrected chi connectivity index (χ3v) is 3.01. The van der Waals surface area contributed by atoms with Gasteiger partial charge in [-0.25, -0.2) is 13.8 Å². The fraction of sp³-hybridized carbons (Fsp3) is 0.312. The lowest BCUT2D eigenvalue weighted by Gasteiger charge is -2.11. The van der Waals surface area contributed by atoms with E-state index in [2.05, 4.69) is 15.6 Å². The van der Waals surface area contributed by atoms with E-state index in [1.54, 1.807) is 0 Å². The van der Waals surface area contributed by atoms with Gasteiger partial charge in [-0.2, -0.15) is 0 Å². The smallest absolute Gasteiger partial charge is 0.168 e. The molecule has 0 radical (unpaired) electrons. The van der Waals surface area contributed by atoms with Crippen molar-refractivity contribution >= 4 is 11.6 Å². The normalized spacial score (nSPS) is 10.5. The first-order valence-electron chi connectivity index (χ1n) is 6.99. The van der Waals surface area contributed by atoms with Gasteiger partial charge in [-0.15, -0.1) is 0 Å². The molecule has 1 heterocycles. The van der Waals surface area contributed by atoms with Gasteiger partial charge in [0.25, 0.3) is 0 Å². The summed E-state index contributed by atoms with van der Waals surface area (Å²) in [6.07, 6.45) is 0.838. The van der Waals surface area contributed by atoms with Gasteiger partial charge in [-0.1, -0.05) is 36.8 Å². The van der Waals surface area contributed by atoms with Crippen LogP contribution < -0.4 is 10.6 Å². The minimum Gasteiger partial charge on any atom is -0.368 e. The van der Waals surface area contributed by atoms with Gasteiger partial charge in [0.2, 0.25) is 0 Å². The Hall–Kier alpha value is -2.17. The molecule has 112 valence electrons. The van der Waals surface area contributed by atoms with Crippen molar-refractivity contribution in [2.75, 3.05) is 17.2 Å². The van der Waals surface area contributed by atoms with E-state index in [4.69, 9.17) is 0 Å². The van der Waals surface area contributed by atoms with Gasteiger partial charge in [-0.3, -0.25) is 0 Å². The third-order valence-electron chi connectivity index (χ3n) is 3.01. The second-order valence-electron chi connectivity index (χ2n) is 4.92. The summed E-state index contributed by atoms with van der Waals surface area (Å²) in [5.74, 6) is -1.24. The van der Waals surface area contributed by atoms with E-state index in [9.17, 15) is 8.78 Å². The second kappa shape index (κ2) is 7.02. The molecule has 0 bridgehead atoms. The van der Waals surface area contributed by atoms with E-state index in [0.717, 1.165) is 23.6 Å². The minimum atomic E-state index is -0.692. The zero-order valence-corrected chi connectivity index (χ0v) is 12.2. The van der Waals surface area contributed by atoms with Gasteiger partial charge in [0.05, 0.1) is 0 Å². The number of rotatable bonds is 6. The van der Waals surface area contributed by atoms with Crippen molar-refractivity contribution in [1.82, 2.24) is 4.98 Å². The van der Waals surface area contributed by atoms with Gasteiger partial charge >= 0.3 is 0 Å². The minimum absolute atomic E-state index is 0.0523. The van der Waals surface area contributed by atoms with Crippen molar-refractivity contribution in [1.29, 1.82) is 0 Å². The molecule has 0 spiro atoms. The van der Waals surface area contributed by atoms with E-state index in [-0.39, 0.29) is 11.6 Å². The monoisotopic (exact) mass is 291 g/mol. The Bertz CT molecular complexity index is 614. The Morgan fingerprint density at radius 1 is 1.05 bits per heavy atom. The van der Waals surface area contributed by atoms with Crippen LogP contribution in [0.2, 0.25) is 0 Å². The van der Waals surface area contributed by atoms with Crippen molar-refractivity contribution < 1.29 is 8.78 Å². The fourth-order valence-electron chi connectivity index (χ4n) is 1.97. The fourth-order valence-corrected chi connectivity index (χ4v) is 1.97. The van der Waals surface area contributed by atoms with E-state index in [1.807, 2.05) is 38.1 Å². The highest BCUT2D eigenvalue weighted by molar-refractivity contribution is 5.48. The Morgan fingerprint density at radius 2 is 1.76 bits per heavy atom. The average molecular weight is 291 g/mol.